The number of pyridine rings is 1. The molecule has 1 heterocycles. The van der Waals surface area contributed by atoms with Gasteiger partial charge in [0, 0.05) is 10.7 Å². The summed E-state index contributed by atoms with van der Waals surface area (Å²) in [5, 5.41) is 9.99. The Morgan fingerprint density at radius 2 is 2.17 bits per heavy atom. The maximum atomic E-state index is 10.9. The molecule has 0 aliphatic carbocycles. The molecule has 5 heteroatoms. The van der Waals surface area contributed by atoms with E-state index in [1.807, 2.05) is 12.1 Å². The van der Waals surface area contributed by atoms with Crippen molar-refractivity contribution >= 4 is 33.7 Å². The maximum absolute atomic E-state index is 10.9. The number of aliphatic carboxylic acids is 1. The molecule has 3 nitrogen and oxygen atoms in total. The number of carboxylic acid groups (broad SMARTS) is 1. The molecule has 1 rings (SSSR count). The molecule has 100 valence electrons. The fourth-order valence-electron chi connectivity index (χ4n) is 1.40. The summed E-state index contributed by atoms with van der Waals surface area (Å²) in [7, 11) is 0. The Morgan fingerprint density at radius 1 is 1.44 bits per heavy atom. The van der Waals surface area contributed by atoms with Crippen molar-refractivity contribution in [2.75, 3.05) is 5.75 Å². The van der Waals surface area contributed by atoms with E-state index in [9.17, 15) is 4.79 Å². The zero-order chi connectivity index (χ0) is 13.6. The lowest BCUT2D eigenvalue weighted by Crippen LogP contribution is -2.23. The number of thioether (sulfide) groups is 1. The molecule has 0 amide bonds. The van der Waals surface area contributed by atoms with Crippen LogP contribution >= 0.6 is 27.7 Å². The number of halogens is 1. The van der Waals surface area contributed by atoms with E-state index in [0.717, 1.165) is 34.5 Å². The molecule has 0 atom stereocenters. The lowest BCUT2D eigenvalue weighted by Gasteiger charge is -2.18. The zero-order valence-electron chi connectivity index (χ0n) is 10.6. The van der Waals surface area contributed by atoms with Gasteiger partial charge in [-0.1, -0.05) is 6.42 Å². The molecule has 0 aliphatic rings. The van der Waals surface area contributed by atoms with Crippen LogP contribution < -0.4 is 0 Å². The summed E-state index contributed by atoms with van der Waals surface area (Å²) >= 11 is 5.06. The van der Waals surface area contributed by atoms with Gasteiger partial charge in [-0.25, -0.2) is 4.98 Å². The topological polar surface area (TPSA) is 50.2 Å². The van der Waals surface area contributed by atoms with Crippen molar-refractivity contribution < 1.29 is 9.90 Å². The van der Waals surface area contributed by atoms with Crippen LogP contribution in [0.15, 0.2) is 27.8 Å². The van der Waals surface area contributed by atoms with Crippen molar-refractivity contribution in [1.29, 1.82) is 0 Å². The number of hydrogen-bond donors (Lipinski definition) is 1. The third kappa shape index (κ3) is 5.40. The van der Waals surface area contributed by atoms with Gasteiger partial charge in [-0.3, -0.25) is 4.79 Å². The van der Waals surface area contributed by atoms with E-state index in [1.54, 1.807) is 31.8 Å². The number of carboxylic acids is 1. The molecule has 0 bridgehead atoms. The van der Waals surface area contributed by atoms with Crippen molar-refractivity contribution in [3.05, 3.63) is 22.8 Å². The first-order chi connectivity index (χ1) is 8.42. The van der Waals surface area contributed by atoms with Crippen LogP contribution in [0.3, 0.4) is 0 Å². The summed E-state index contributed by atoms with van der Waals surface area (Å²) in [6, 6.07) is 3.96. The maximum Gasteiger partial charge on any atom is 0.309 e. The highest BCUT2D eigenvalue weighted by Gasteiger charge is 2.25. The van der Waals surface area contributed by atoms with E-state index in [1.165, 1.54) is 0 Å². The Balaban J connectivity index is 2.20. The molecule has 0 saturated heterocycles. The molecule has 0 aromatic carbocycles. The van der Waals surface area contributed by atoms with Crippen molar-refractivity contribution in [3.8, 4) is 0 Å². The molecule has 0 fully saturated rings. The Kier molecular flexibility index (Phi) is 6.15. The largest absolute Gasteiger partial charge is 0.481 e. The molecule has 0 aliphatic heterocycles. The van der Waals surface area contributed by atoms with Crippen LogP contribution in [0.4, 0.5) is 0 Å². The van der Waals surface area contributed by atoms with Crippen LogP contribution in [-0.4, -0.2) is 21.8 Å². The lowest BCUT2D eigenvalue weighted by atomic mass is 9.88. The number of nitrogens with zero attached hydrogens (tertiary/aromatic N) is 1. The van der Waals surface area contributed by atoms with Gasteiger partial charge < -0.3 is 5.11 Å². The van der Waals surface area contributed by atoms with Crippen molar-refractivity contribution in [3.63, 3.8) is 0 Å². The van der Waals surface area contributed by atoms with Crippen LogP contribution in [0.25, 0.3) is 0 Å². The average Bonchev–Trinajstić information content (AvgIpc) is 2.31. The summed E-state index contributed by atoms with van der Waals surface area (Å²) in [4.78, 5) is 15.2. The molecule has 1 N–H and O–H groups in total. The minimum atomic E-state index is -0.718. The molecule has 0 saturated carbocycles. The highest BCUT2D eigenvalue weighted by Crippen LogP contribution is 2.25. The lowest BCUT2D eigenvalue weighted by molar-refractivity contribution is -0.147. The standard InChI is InChI=1S/C13H18BrNO2S/c1-13(2,12(16)17)7-3-4-8-18-11-6-5-10(14)9-15-11/h5-6,9H,3-4,7-8H2,1-2H3,(H,16,17). The van der Waals surface area contributed by atoms with Gasteiger partial charge in [-0.15, -0.1) is 11.8 Å². The molecule has 18 heavy (non-hydrogen) atoms. The SMILES string of the molecule is CC(C)(CCCCSc1ccc(Br)cn1)C(=O)O. The van der Waals surface area contributed by atoms with Crippen molar-refractivity contribution in [2.24, 2.45) is 5.41 Å². The van der Waals surface area contributed by atoms with Crippen LogP contribution in [0.2, 0.25) is 0 Å². The highest BCUT2D eigenvalue weighted by molar-refractivity contribution is 9.10. The van der Waals surface area contributed by atoms with Gasteiger partial charge in [0.2, 0.25) is 0 Å². The first-order valence-corrected chi connectivity index (χ1v) is 7.67. The summed E-state index contributed by atoms with van der Waals surface area (Å²) < 4.78 is 0.982. The quantitative estimate of drug-likeness (QED) is 0.600. The summed E-state index contributed by atoms with van der Waals surface area (Å²) in [6.07, 6.45) is 4.45. The fourth-order valence-corrected chi connectivity index (χ4v) is 2.48. The Bertz CT molecular complexity index is 392. The second kappa shape index (κ2) is 7.14. The third-order valence-electron chi connectivity index (χ3n) is 2.73. The van der Waals surface area contributed by atoms with E-state index in [2.05, 4.69) is 20.9 Å². The molecule has 0 unspecified atom stereocenters. The summed E-state index contributed by atoms with van der Waals surface area (Å²) in [6.45, 7) is 3.55. The molecule has 1 aromatic rings. The second-order valence-corrected chi connectivity index (χ2v) is 6.84. The molecule has 1 aromatic heterocycles. The van der Waals surface area contributed by atoms with Gasteiger partial charge in [0.15, 0.2) is 0 Å². The van der Waals surface area contributed by atoms with Crippen molar-refractivity contribution in [2.45, 2.75) is 38.1 Å². The molecular formula is C13H18BrNO2S. The van der Waals surface area contributed by atoms with Gasteiger partial charge in [-0.2, -0.15) is 0 Å². The minimum absolute atomic E-state index is 0.611. The molecule has 0 radical (unpaired) electrons. The average molecular weight is 332 g/mol. The highest BCUT2D eigenvalue weighted by atomic mass is 79.9. The van der Waals surface area contributed by atoms with Crippen LogP contribution in [0.5, 0.6) is 0 Å². The van der Waals surface area contributed by atoms with Gasteiger partial charge in [0.25, 0.3) is 0 Å². The van der Waals surface area contributed by atoms with Crippen LogP contribution in [0, 0.1) is 5.41 Å². The Morgan fingerprint density at radius 3 is 2.72 bits per heavy atom. The van der Waals surface area contributed by atoms with E-state index in [4.69, 9.17) is 5.11 Å². The van der Waals surface area contributed by atoms with Crippen LogP contribution in [0.1, 0.15) is 33.1 Å². The summed E-state index contributed by atoms with van der Waals surface area (Å²) in [5.41, 5.74) is -0.611. The van der Waals surface area contributed by atoms with Crippen molar-refractivity contribution in [1.82, 2.24) is 4.98 Å². The molecular weight excluding hydrogens is 314 g/mol. The Hall–Kier alpha value is -0.550. The number of unbranched alkanes of at least 4 members (excludes halogenated alkanes) is 1. The first kappa shape index (κ1) is 15.5. The molecule has 0 spiro atoms. The van der Waals surface area contributed by atoms with E-state index in [-0.39, 0.29) is 0 Å². The second-order valence-electron chi connectivity index (χ2n) is 4.81. The predicted molar refractivity (Wildman–Crippen MR) is 77.9 cm³/mol. The number of rotatable bonds is 7. The number of hydrogen-bond acceptors (Lipinski definition) is 3. The zero-order valence-corrected chi connectivity index (χ0v) is 13.1. The van der Waals surface area contributed by atoms with Crippen LogP contribution in [-0.2, 0) is 4.79 Å². The van der Waals surface area contributed by atoms with E-state index < -0.39 is 11.4 Å². The monoisotopic (exact) mass is 331 g/mol. The van der Waals surface area contributed by atoms with Gasteiger partial charge >= 0.3 is 5.97 Å². The van der Waals surface area contributed by atoms with Gasteiger partial charge in [0.05, 0.1) is 10.4 Å². The normalized spacial score (nSPS) is 11.5. The number of carbonyl (C=O) groups is 1. The third-order valence-corrected chi connectivity index (χ3v) is 4.22. The number of aromatic nitrogens is 1. The first-order valence-electron chi connectivity index (χ1n) is 5.89. The minimum Gasteiger partial charge on any atom is -0.481 e. The van der Waals surface area contributed by atoms with Gasteiger partial charge in [-0.05, 0) is 60.5 Å². The smallest absolute Gasteiger partial charge is 0.309 e. The predicted octanol–water partition coefficient (Wildman–Crippen LogP) is 4.22. The summed E-state index contributed by atoms with van der Waals surface area (Å²) in [5.74, 6) is 0.259. The fraction of sp³-hybridized carbons (Fsp3) is 0.538. The van der Waals surface area contributed by atoms with E-state index in [0.29, 0.717) is 0 Å². The van der Waals surface area contributed by atoms with Gasteiger partial charge in [0.1, 0.15) is 0 Å². The van der Waals surface area contributed by atoms with E-state index >= 15 is 0 Å². The Labute approximate surface area is 121 Å².